The van der Waals surface area contributed by atoms with E-state index < -0.39 is 0 Å². The number of pyridine rings is 1. The average Bonchev–Trinajstić information content (AvgIpc) is 2.55. The first-order valence-electron chi connectivity index (χ1n) is 6.99. The maximum absolute atomic E-state index is 12.3. The van der Waals surface area contributed by atoms with Crippen molar-refractivity contribution in [2.24, 2.45) is 5.10 Å². The summed E-state index contributed by atoms with van der Waals surface area (Å²) in [7, 11) is 0. The smallest absolute Gasteiger partial charge is 0.267 e. The Balaban J connectivity index is 1.85. The maximum Gasteiger partial charge on any atom is 0.272 e. The number of benzene rings is 2. The number of aryl methyl sites for hydroxylation is 1. The largest absolute Gasteiger partial charge is 0.272 e. The highest BCUT2D eigenvalue weighted by atomic mass is 16.2. The number of hydrogen-bond donors (Lipinski definition) is 1. The van der Waals surface area contributed by atoms with Gasteiger partial charge in [0.1, 0.15) is 0 Å². The molecular weight excluding hydrogens is 274 g/mol. The zero-order valence-electron chi connectivity index (χ0n) is 12.2. The first-order valence-corrected chi connectivity index (χ1v) is 6.99. The minimum absolute atomic E-state index is 0.242. The number of carbonyl (C=O) groups excluding carboxylic acids is 1. The standard InChI is InChI=1S/C18H15N3O/c1-13-11-16(15-9-5-6-10-17(15)20-13)18(22)21-19-12-14-7-3-2-4-8-14/h2-12H,1H3,(H,21,22)/b19-12+. The van der Waals surface area contributed by atoms with Crippen LogP contribution in [0.2, 0.25) is 0 Å². The molecule has 4 nitrogen and oxygen atoms in total. The van der Waals surface area contributed by atoms with Gasteiger partial charge in [0.2, 0.25) is 0 Å². The third-order valence-corrected chi connectivity index (χ3v) is 3.27. The van der Waals surface area contributed by atoms with Gasteiger partial charge < -0.3 is 0 Å². The van der Waals surface area contributed by atoms with Crippen LogP contribution in [0.3, 0.4) is 0 Å². The number of carbonyl (C=O) groups is 1. The number of hydrogen-bond acceptors (Lipinski definition) is 3. The molecule has 0 unspecified atom stereocenters. The highest BCUT2D eigenvalue weighted by Gasteiger charge is 2.10. The van der Waals surface area contributed by atoms with Gasteiger partial charge in [0.15, 0.2) is 0 Å². The van der Waals surface area contributed by atoms with Crippen LogP contribution in [0.25, 0.3) is 10.9 Å². The van der Waals surface area contributed by atoms with Crippen molar-refractivity contribution in [2.75, 3.05) is 0 Å². The van der Waals surface area contributed by atoms with Gasteiger partial charge in [-0.15, -0.1) is 0 Å². The van der Waals surface area contributed by atoms with E-state index in [1.807, 2.05) is 61.5 Å². The van der Waals surface area contributed by atoms with E-state index in [-0.39, 0.29) is 5.91 Å². The Hall–Kier alpha value is -3.01. The second kappa shape index (κ2) is 6.18. The number of fused-ring (bicyclic) bond motifs is 1. The second-order valence-electron chi connectivity index (χ2n) is 4.94. The summed E-state index contributed by atoms with van der Waals surface area (Å²) in [6.07, 6.45) is 1.62. The molecule has 0 atom stereocenters. The van der Waals surface area contributed by atoms with E-state index in [9.17, 15) is 4.79 Å². The van der Waals surface area contributed by atoms with Gasteiger partial charge >= 0.3 is 0 Å². The van der Waals surface area contributed by atoms with Gasteiger partial charge in [0.25, 0.3) is 5.91 Å². The van der Waals surface area contributed by atoms with E-state index in [0.29, 0.717) is 5.56 Å². The summed E-state index contributed by atoms with van der Waals surface area (Å²) in [5, 5.41) is 4.83. The zero-order chi connectivity index (χ0) is 15.4. The fourth-order valence-corrected chi connectivity index (χ4v) is 2.26. The number of nitrogens with one attached hydrogen (secondary N) is 1. The summed E-state index contributed by atoms with van der Waals surface area (Å²) in [5.41, 5.74) is 5.68. The molecule has 3 rings (SSSR count). The molecule has 0 aliphatic carbocycles. The number of hydrazone groups is 1. The Morgan fingerprint density at radius 3 is 2.64 bits per heavy atom. The predicted octanol–water partition coefficient (Wildman–Crippen LogP) is 3.31. The Labute approximate surface area is 128 Å². The molecule has 108 valence electrons. The fraction of sp³-hybridized carbons (Fsp3) is 0.0556. The molecule has 4 heteroatoms. The third-order valence-electron chi connectivity index (χ3n) is 3.27. The number of nitrogens with zero attached hydrogens (tertiary/aromatic N) is 2. The van der Waals surface area contributed by atoms with E-state index in [2.05, 4.69) is 15.5 Å². The van der Waals surface area contributed by atoms with Gasteiger partial charge in [0.05, 0.1) is 17.3 Å². The van der Waals surface area contributed by atoms with Crippen LogP contribution in [0.4, 0.5) is 0 Å². The van der Waals surface area contributed by atoms with Crippen molar-refractivity contribution in [2.45, 2.75) is 6.92 Å². The highest BCUT2D eigenvalue weighted by Crippen LogP contribution is 2.18. The average molecular weight is 289 g/mol. The zero-order valence-corrected chi connectivity index (χ0v) is 12.2. The normalized spacial score (nSPS) is 11.0. The Morgan fingerprint density at radius 2 is 1.82 bits per heavy atom. The molecular formula is C18H15N3O. The summed E-state index contributed by atoms with van der Waals surface area (Å²) in [5.74, 6) is -0.242. The van der Waals surface area contributed by atoms with Crippen molar-refractivity contribution in [3.05, 3.63) is 77.5 Å². The molecule has 1 amide bonds. The van der Waals surface area contributed by atoms with E-state index in [0.717, 1.165) is 22.2 Å². The molecule has 0 radical (unpaired) electrons. The number of amides is 1. The maximum atomic E-state index is 12.3. The van der Waals surface area contributed by atoms with Crippen molar-refractivity contribution in [1.29, 1.82) is 0 Å². The van der Waals surface area contributed by atoms with E-state index in [4.69, 9.17) is 0 Å². The highest BCUT2D eigenvalue weighted by molar-refractivity contribution is 6.06. The predicted molar refractivity (Wildman–Crippen MR) is 88.0 cm³/mol. The number of aromatic nitrogens is 1. The van der Waals surface area contributed by atoms with Gasteiger partial charge in [-0.1, -0.05) is 48.5 Å². The molecule has 1 aromatic heterocycles. The monoisotopic (exact) mass is 289 g/mol. The second-order valence-corrected chi connectivity index (χ2v) is 4.94. The summed E-state index contributed by atoms with van der Waals surface area (Å²) in [4.78, 5) is 16.8. The van der Waals surface area contributed by atoms with Crippen molar-refractivity contribution in [3.8, 4) is 0 Å². The SMILES string of the molecule is Cc1cc(C(=O)N/N=C/c2ccccc2)c2ccccc2n1. The Morgan fingerprint density at radius 1 is 1.09 bits per heavy atom. The molecule has 0 aliphatic heterocycles. The lowest BCUT2D eigenvalue weighted by Gasteiger charge is -2.06. The molecule has 1 N–H and O–H groups in total. The van der Waals surface area contributed by atoms with Gasteiger partial charge in [-0.3, -0.25) is 9.78 Å². The fourth-order valence-electron chi connectivity index (χ4n) is 2.26. The van der Waals surface area contributed by atoms with E-state index in [1.165, 1.54) is 0 Å². The molecule has 0 bridgehead atoms. The molecule has 2 aromatic carbocycles. The van der Waals surface area contributed by atoms with Crippen LogP contribution in [-0.4, -0.2) is 17.1 Å². The van der Waals surface area contributed by atoms with Crippen molar-refractivity contribution >= 4 is 23.0 Å². The summed E-state index contributed by atoms with van der Waals surface area (Å²) in [6, 6.07) is 19.0. The molecule has 3 aromatic rings. The lowest BCUT2D eigenvalue weighted by atomic mass is 10.1. The topological polar surface area (TPSA) is 54.4 Å². The summed E-state index contributed by atoms with van der Waals surface area (Å²) in [6.45, 7) is 1.87. The van der Waals surface area contributed by atoms with Crippen LogP contribution in [0.15, 0.2) is 65.8 Å². The molecule has 1 heterocycles. The summed E-state index contributed by atoms with van der Waals surface area (Å²) >= 11 is 0. The molecule has 0 saturated heterocycles. The molecule has 0 aliphatic rings. The van der Waals surface area contributed by atoms with Crippen LogP contribution < -0.4 is 5.43 Å². The quantitative estimate of drug-likeness (QED) is 0.594. The lowest BCUT2D eigenvalue weighted by molar-refractivity contribution is 0.0956. The lowest BCUT2D eigenvalue weighted by Crippen LogP contribution is -2.18. The summed E-state index contributed by atoms with van der Waals surface area (Å²) < 4.78 is 0. The van der Waals surface area contributed by atoms with Gasteiger partial charge in [-0.25, -0.2) is 5.43 Å². The van der Waals surface area contributed by atoms with Crippen LogP contribution >= 0.6 is 0 Å². The van der Waals surface area contributed by atoms with Crippen LogP contribution in [0, 0.1) is 6.92 Å². The van der Waals surface area contributed by atoms with Crippen molar-refractivity contribution in [3.63, 3.8) is 0 Å². The van der Waals surface area contributed by atoms with E-state index >= 15 is 0 Å². The van der Waals surface area contributed by atoms with Gasteiger partial charge in [0, 0.05) is 11.1 Å². The third kappa shape index (κ3) is 3.01. The molecule has 22 heavy (non-hydrogen) atoms. The van der Waals surface area contributed by atoms with Crippen molar-refractivity contribution < 1.29 is 4.79 Å². The first-order chi connectivity index (χ1) is 10.7. The number of para-hydroxylation sites is 1. The van der Waals surface area contributed by atoms with Gasteiger partial charge in [-0.05, 0) is 24.6 Å². The first kappa shape index (κ1) is 13.9. The molecule has 0 fully saturated rings. The van der Waals surface area contributed by atoms with E-state index in [1.54, 1.807) is 12.3 Å². The van der Waals surface area contributed by atoms with Crippen molar-refractivity contribution in [1.82, 2.24) is 10.4 Å². The Bertz CT molecular complexity index is 841. The van der Waals surface area contributed by atoms with Crippen LogP contribution in [0.5, 0.6) is 0 Å². The minimum Gasteiger partial charge on any atom is -0.267 e. The van der Waals surface area contributed by atoms with Crippen LogP contribution in [-0.2, 0) is 0 Å². The van der Waals surface area contributed by atoms with Crippen LogP contribution in [0.1, 0.15) is 21.6 Å². The number of rotatable bonds is 3. The Kier molecular flexibility index (Phi) is 3.92. The minimum atomic E-state index is -0.242. The molecule has 0 spiro atoms. The van der Waals surface area contributed by atoms with Gasteiger partial charge in [-0.2, -0.15) is 5.10 Å². The molecule has 0 saturated carbocycles.